The van der Waals surface area contributed by atoms with Gasteiger partial charge in [-0.25, -0.2) is 18.4 Å². The van der Waals surface area contributed by atoms with Crippen LogP contribution in [0.2, 0.25) is 0 Å². The van der Waals surface area contributed by atoms with Gasteiger partial charge in [-0.05, 0) is 61.8 Å². The van der Waals surface area contributed by atoms with Gasteiger partial charge in [0.25, 0.3) is 0 Å². The van der Waals surface area contributed by atoms with Gasteiger partial charge in [0, 0.05) is 37.1 Å². The van der Waals surface area contributed by atoms with Crippen molar-refractivity contribution in [1.29, 1.82) is 0 Å². The summed E-state index contributed by atoms with van der Waals surface area (Å²) in [4.78, 5) is 46.7. The molecule has 0 heterocycles. The Kier molecular flexibility index (Phi) is 13.3. The Morgan fingerprint density at radius 2 is 1.07 bits per heavy atom. The highest BCUT2D eigenvalue weighted by Crippen LogP contribution is 2.25. The van der Waals surface area contributed by atoms with Crippen LogP contribution in [0.1, 0.15) is 49.7 Å². The van der Waals surface area contributed by atoms with Crippen molar-refractivity contribution in [1.82, 2.24) is 0 Å². The largest absolute Gasteiger partial charge is 0.462 e. The molecule has 0 bridgehead atoms. The molecule has 2 aromatic carbocycles. The van der Waals surface area contributed by atoms with Crippen LogP contribution in [0.25, 0.3) is 0 Å². The standard InChI is InChI=1S/C32H34F2O10/c1-3-29(35)41-19-39-25-9-5-21(27(33)17-25)7-15-31(37)43-23-11-13-24(14-12-23)44-32(38)16-8-22-6-10-26(18-28(22)34)40-20-42-30(36)4-2/h3-6,9-10,17-18,23-24H,1-2,7-8,11-16,19-20H2. The molecule has 236 valence electrons. The molecule has 1 fully saturated rings. The molecule has 0 aromatic heterocycles. The summed E-state index contributed by atoms with van der Waals surface area (Å²) < 4.78 is 59.5. The molecule has 0 amide bonds. The van der Waals surface area contributed by atoms with Crippen LogP contribution >= 0.6 is 0 Å². The first kappa shape index (κ1) is 33.8. The quantitative estimate of drug-likeness (QED) is 0.109. The van der Waals surface area contributed by atoms with E-state index in [0.29, 0.717) is 36.8 Å². The van der Waals surface area contributed by atoms with E-state index in [9.17, 15) is 28.0 Å². The summed E-state index contributed by atoms with van der Waals surface area (Å²) in [6.07, 6.45) is 3.58. The minimum atomic E-state index is -0.664. The third kappa shape index (κ3) is 11.5. The Balaban J connectivity index is 1.31. The van der Waals surface area contributed by atoms with Crippen molar-refractivity contribution in [2.24, 2.45) is 0 Å². The number of hydrogen-bond acceptors (Lipinski definition) is 10. The van der Waals surface area contributed by atoms with E-state index in [1.54, 1.807) is 0 Å². The molecule has 44 heavy (non-hydrogen) atoms. The molecule has 10 nitrogen and oxygen atoms in total. The second-order valence-corrected chi connectivity index (χ2v) is 9.74. The van der Waals surface area contributed by atoms with Crippen molar-refractivity contribution in [2.45, 2.75) is 63.6 Å². The maximum absolute atomic E-state index is 14.4. The summed E-state index contributed by atoms with van der Waals surface area (Å²) in [5.41, 5.74) is 0.618. The highest BCUT2D eigenvalue weighted by atomic mass is 19.1. The molecule has 12 heteroatoms. The summed E-state index contributed by atoms with van der Waals surface area (Å²) in [6, 6.07) is 8.25. The number of halogens is 2. The number of benzene rings is 2. The Morgan fingerprint density at radius 3 is 1.41 bits per heavy atom. The van der Waals surface area contributed by atoms with Gasteiger partial charge in [0.05, 0.1) is 0 Å². The third-order valence-electron chi connectivity index (χ3n) is 6.65. The molecule has 0 radical (unpaired) electrons. The predicted octanol–water partition coefficient (Wildman–Crippen LogP) is 5.06. The highest BCUT2D eigenvalue weighted by Gasteiger charge is 2.26. The van der Waals surface area contributed by atoms with Gasteiger partial charge in [-0.2, -0.15) is 0 Å². The molecule has 1 saturated carbocycles. The Hall–Kier alpha value is -4.74. The van der Waals surface area contributed by atoms with Crippen molar-refractivity contribution in [3.05, 3.63) is 84.5 Å². The summed E-state index contributed by atoms with van der Waals surface area (Å²) in [6.45, 7) is 5.74. The smallest absolute Gasteiger partial charge is 0.333 e. The van der Waals surface area contributed by atoms with Crippen molar-refractivity contribution < 1.29 is 56.4 Å². The molecule has 0 unspecified atom stereocenters. The Bertz CT molecular complexity index is 1230. The molecular weight excluding hydrogens is 582 g/mol. The monoisotopic (exact) mass is 616 g/mol. The van der Waals surface area contributed by atoms with Crippen LogP contribution in [0.3, 0.4) is 0 Å². The van der Waals surface area contributed by atoms with Crippen molar-refractivity contribution in [3.63, 3.8) is 0 Å². The van der Waals surface area contributed by atoms with Crippen LogP contribution < -0.4 is 9.47 Å². The maximum atomic E-state index is 14.4. The normalized spacial score (nSPS) is 15.8. The average molecular weight is 617 g/mol. The van der Waals surface area contributed by atoms with Gasteiger partial charge in [-0.1, -0.05) is 25.3 Å². The number of carbonyl (C=O) groups excluding carboxylic acids is 4. The second-order valence-electron chi connectivity index (χ2n) is 9.74. The molecule has 1 aliphatic carbocycles. The van der Waals surface area contributed by atoms with Crippen LogP contribution in [0.4, 0.5) is 8.78 Å². The van der Waals surface area contributed by atoms with E-state index in [1.165, 1.54) is 24.3 Å². The van der Waals surface area contributed by atoms with Crippen LogP contribution in [0.5, 0.6) is 11.5 Å². The van der Waals surface area contributed by atoms with Crippen LogP contribution in [0.15, 0.2) is 61.7 Å². The van der Waals surface area contributed by atoms with Gasteiger partial charge >= 0.3 is 23.9 Å². The molecule has 0 saturated heterocycles. The van der Waals surface area contributed by atoms with Gasteiger partial charge in [0.1, 0.15) is 35.3 Å². The Morgan fingerprint density at radius 1 is 0.682 bits per heavy atom. The van der Waals surface area contributed by atoms with Gasteiger partial charge in [0.2, 0.25) is 13.6 Å². The van der Waals surface area contributed by atoms with E-state index in [-0.39, 0.29) is 63.0 Å². The summed E-state index contributed by atoms with van der Waals surface area (Å²) in [5.74, 6) is -3.04. The molecule has 0 spiro atoms. The lowest BCUT2D eigenvalue weighted by atomic mass is 9.95. The number of hydrogen-bond donors (Lipinski definition) is 0. The molecule has 3 rings (SSSR count). The van der Waals surface area contributed by atoms with Crippen LogP contribution in [-0.2, 0) is 51.0 Å². The van der Waals surface area contributed by atoms with Gasteiger partial charge in [-0.3, -0.25) is 9.59 Å². The zero-order chi connectivity index (χ0) is 31.9. The lowest BCUT2D eigenvalue weighted by Gasteiger charge is -2.28. The van der Waals surface area contributed by atoms with E-state index in [1.807, 2.05) is 0 Å². The van der Waals surface area contributed by atoms with E-state index in [2.05, 4.69) is 22.6 Å². The number of esters is 4. The number of carbonyl (C=O) groups is 4. The molecule has 0 atom stereocenters. The summed E-state index contributed by atoms with van der Waals surface area (Å²) >= 11 is 0. The minimum Gasteiger partial charge on any atom is -0.462 e. The average Bonchev–Trinajstić information content (AvgIpc) is 3.01. The summed E-state index contributed by atoms with van der Waals surface area (Å²) in [7, 11) is 0. The van der Waals surface area contributed by atoms with Crippen molar-refractivity contribution in [2.75, 3.05) is 13.6 Å². The highest BCUT2D eigenvalue weighted by molar-refractivity contribution is 5.81. The fraction of sp³-hybridized carbons (Fsp3) is 0.375. The van der Waals surface area contributed by atoms with Gasteiger partial charge < -0.3 is 28.4 Å². The van der Waals surface area contributed by atoms with E-state index < -0.39 is 35.5 Å². The molecular formula is C32H34F2O10. The van der Waals surface area contributed by atoms with E-state index >= 15 is 0 Å². The van der Waals surface area contributed by atoms with Crippen molar-refractivity contribution >= 4 is 23.9 Å². The van der Waals surface area contributed by atoms with E-state index in [0.717, 1.165) is 24.3 Å². The SMILES string of the molecule is C=CC(=O)OCOc1ccc(CCC(=O)OC2CCC(OC(=O)CCc3ccc(OCOC(=O)C=C)cc3F)CC2)c(F)c1. The summed E-state index contributed by atoms with van der Waals surface area (Å²) in [5, 5.41) is 0. The van der Waals surface area contributed by atoms with Crippen molar-refractivity contribution in [3.8, 4) is 11.5 Å². The third-order valence-corrected chi connectivity index (χ3v) is 6.65. The van der Waals surface area contributed by atoms with Crippen LogP contribution in [0, 0.1) is 11.6 Å². The van der Waals surface area contributed by atoms with Gasteiger partial charge in [0.15, 0.2) is 0 Å². The second kappa shape index (κ2) is 17.4. The van der Waals surface area contributed by atoms with Gasteiger partial charge in [-0.15, -0.1) is 0 Å². The zero-order valence-corrected chi connectivity index (χ0v) is 24.1. The minimum absolute atomic E-state index is 0.0184. The lowest BCUT2D eigenvalue weighted by Crippen LogP contribution is -2.30. The maximum Gasteiger partial charge on any atom is 0.333 e. The Labute approximate surface area is 253 Å². The first-order chi connectivity index (χ1) is 21.2. The number of aryl methyl sites for hydroxylation is 2. The zero-order valence-electron chi connectivity index (χ0n) is 24.1. The number of ether oxygens (including phenoxy) is 6. The first-order valence-corrected chi connectivity index (χ1v) is 14.0. The molecule has 0 N–H and O–H groups in total. The first-order valence-electron chi connectivity index (χ1n) is 14.0. The predicted molar refractivity (Wildman–Crippen MR) is 151 cm³/mol. The topological polar surface area (TPSA) is 124 Å². The fourth-order valence-corrected chi connectivity index (χ4v) is 4.30. The van der Waals surface area contributed by atoms with Crippen LogP contribution in [-0.4, -0.2) is 49.7 Å². The van der Waals surface area contributed by atoms with E-state index in [4.69, 9.17) is 18.9 Å². The molecule has 0 aliphatic heterocycles. The molecule has 2 aromatic rings. The molecule has 1 aliphatic rings. The number of rotatable bonds is 16. The lowest BCUT2D eigenvalue weighted by molar-refractivity contribution is -0.158. The fourth-order valence-electron chi connectivity index (χ4n) is 4.30.